The van der Waals surface area contributed by atoms with Crippen molar-refractivity contribution in [2.24, 2.45) is 11.8 Å². The van der Waals surface area contributed by atoms with E-state index in [0.717, 1.165) is 24.4 Å². The fourth-order valence-corrected chi connectivity index (χ4v) is 3.24. The summed E-state index contributed by atoms with van der Waals surface area (Å²) in [5.41, 5.74) is 1.07. The van der Waals surface area contributed by atoms with Crippen LogP contribution in [0.25, 0.3) is 0 Å². The zero-order chi connectivity index (χ0) is 13.7. The van der Waals surface area contributed by atoms with Crippen LogP contribution in [-0.4, -0.2) is 20.7 Å². The average Bonchev–Trinajstić information content (AvgIpc) is 2.92. The molecule has 1 aliphatic carbocycles. The van der Waals surface area contributed by atoms with Crippen LogP contribution in [0.4, 0.5) is 4.39 Å². The molecule has 0 heterocycles. The summed E-state index contributed by atoms with van der Waals surface area (Å²) < 4.78 is 18.7. The van der Waals surface area contributed by atoms with Gasteiger partial charge < -0.3 is 10.1 Å². The van der Waals surface area contributed by atoms with E-state index in [-0.39, 0.29) is 5.82 Å². The second kappa shape index (κ2) is 6.90. The third-order valence-electron chi connectivity index (χ3n) is 4.25. The minimum atomic E-state index is -0.255. The molecule has 1 aliphatic rings. The van der Waals surface area contributed by atoms with E-state index in [1.807, 2.05) is 13.1 Å². The van der Waals surface area contributed by atoms with Crippen molar-refractivity contribution in [3.8, 4) is 5.75 Å². The molecule has 1 aromatic rings. The number of benzene rings is 1. The molecule has 19 heavy (non-hydrogen) atoms. The Bertz CT molecular complexity index is 402. The fourth-order valence-electron chi connectivity index (χ4n) is 3.24. The monoisotopic (exact) mass is 265 g/mol. The first-order valence-electron chi connectivity index (χ1n) is 7.21. The third-order valence-corrected chi connectivity index (χ3v) is 4.25. The number of nitrogens with one attached hydrogen (secondary N) is 1. The molecule has 1 saturated carbocycles. The maximum absolute atomic E-state index is 13.7. The Labute approximate surface area is 115 Å². The molecule has 106 valence electrons. The van der Waals surface area contributed by atoms with Crippen molar-refractivity contribution < 1.29 is 9.13 Å². The molecule has 1 fully saturated rings. The maximum atomic E-state index is 13.7. The molecule has 0 amide bonds. The first-order chi connectivity index (χ1) is 9.24. The van der Waals surface area contributed by atoms with Gasteiger partial charge in [0.1, 0.15) is 0 Å². The highest BCUT2D eigenvalue weighted by molar-refractivity contribution is 5.29. The maximum Gasteiger partial charge on any atom is 0.165 e. The predicted molar refractivity (Wildman–Crippen MR) is 76.0 cm³/mol. The number of halogens is 1. The Morgan fingerprint density at radius 2 is 2.11 bits per heavy atom. The quantitative estimate of drug-likeness (QED) is 0.851. The zero-order valence-electron chi connectivity index (χ0n) is 11.9. The summed E-state index contributed by atoms with van der Waals surface area (Å²) in [6, 6.07) is 5.34. The van der Waals surface area contributed by atoms with Crippen molar-refractivity contribution in [1.29, 1.82) is 0 Å². The van der Waals surface area contributed by atoms with Crippen molar-refractivity contribution in [3.05, 3.63) is 29.6 Å². The summed E-state index contributed by atoms with van der Waals surface area (Å²) in [5.74, 6) is 1.47. The first kappa shape index (κ1) is 14.3. The normalized spacial score (nSPS) is 17.6. The van der Waals surface area contributed by atoms with Crippen LogP contribution in [0.2, 0.25) is 0 Å². The zero-order valence-corrected chi connectivity index (χ0v) is 11.9. The molecule has 2 rings (SSSR count). The van der Waals surface area contributed by atoms with Crippen LogP contribution in [-0.2, 0) is 6.42 Å². The smallest absolute Gasteiger partial charge is 0.165 e. The lowest BCUT2D eigenvalue weighted by Gasteiger charge is -2.23. The summed E-state index contributed by atoms with van der Waals surface area (Å²) in [7, 11) is 3.50. The topological polar surface area (TPSA) is 21.3 Å². The lowest BCUT2D eigenvalue weighted by molar-refractivity contribution is 0.327. The molecule has 1 unspecified atom stereocenters. The van der Waals surface area contributed by atoms with Gasteiger partial charge in [0.2, 0.25) is 0 Å². The van der Waals surface area contributed by atoms with Crippen molar-refractivity contribution >= 4 is 0 Å². The number of methoxy groups -OCH3 is 1. The fraction of sp³-hybridized carbons (Fsp3) is 0.625. The molecular formula is C16H24FNO. The molecule has 0 spiro atoms. The van der Waals surface area contributed by atoms with E-state index < -0.39 is 0 Å². The molecular weight excluding hydrogens is 241 g/mol. The lowest BCUT2D eigenvalue weighted by atomic mass is 9.85. The SMILES string of the molecule is CNCC(Cc1ccc(OC)c(F)c1)C1CCCC1. The second-order valence-corrected chi connectivity index (χ2v) is 5.54. The second-order valence-electron chi connectivity index (χ2n) is 5.54. The van der Waals surface area contributed by atoms with Gasteiger partial charge in [0, 0.05) is 0 Å². The number of rotatable bonds is 6. The van der Waals surface area contributed by atoms with E-state index in [1.165, 1.54) is 32.8 Å². The average molecular weight is 265 g/mol. The highest BCUT2D eigenvalue weighted by Crippen LogP contribution is 2.33. The molecule has 3 heteroatoms. The Hall–Kier alpha value is -1.09. The molecule has 1 atom stereocenters. The van der Waals surface area contributed by atoms with Crippen molar-refractivity contribution in [2.45, 2.75) is 32.1 Å². The van der Waals surface area contributed by atoms with Gasteiger partial charge in [-0.15, -0.1) is 0 Å². The van der Waals surface area contributed by atoms with Crippen LogP contribution in [0, 0.1) is 17.7 Å². The van der Waals surface area contributed by atoms with Gasteiger partial charge in [-0.3, -0.25) is 0 Å². The standard InChI is InChI=1S/C16H24FNO/c1-18-11-14(13-5-3-4-6-13)9-12-7-8-16(19-2)15(17)10-12/h7-8,10,13-14,18H,3-6,9,11H2,1-2H3. The Morgan fingerprint density at radius 3 is 2.68 bits per heavy atom. The summed E-state index contributed by atoms with van der Waals surface area (Å²) >= 11 is 0. The minimum Gasteiger partial charge on any atom is -0.494 e. The molecule has 0 saturated heterocycles. The van der Waals surface area contributed by atoms with Gasteiger partial charge >= 0.3 is 0 Å². The van der Waals surface area contributed by atoms with Crippen molar-refractivity contribution in [2.75, 3.05) is 20.7 Å². The van der Waals surface area contributed by atoms with E-state index >= 15 is 0 Å². The van der Waals surface area contributed by atoms with Gasteiger partial charge in [0.05, 0.1) is 7.11 Å². The summed E-state index contributed by atoms with van der Waals surface area (Å²) in [6.07, 6.45) is 6.30. The van der Waals surface area contributed by atoms with Gasteiger partial charge in [-0.1, -0.05) is 31.7 Å². The van der Waals surface area contributed by atoms with Gasteiger partial charge in [-0.2, -0.15) is 0 Å². The van der Waals surface area contributed by atoms with Crippen LogP contribution in [0.1, 0.15) is 31.2 Å². The van der Waals surface area contributed by atoms with E-state index in [0.29, 0.717) is 11.7 Å². The molecule has 0 aliphatic heterocycles. The number of ether oxygens (including phenoxy) is 1. The van der Waals surface area contributed by atoms with Gasteiger partial charge in [0.25, 0.3) is 0 Å². The summed E-state index contributed by atoms with van der Waals surface area (Å²) in [6.45, 7) is 1.01. The van der Waals surface area contributed by atoms with Crippen molar-refractivity contribution in [3.63, 3.8) is 0 Å². The highest BCUT2D eigenvalue weighted by atomic mass is 19.1. The van der Waals surface area contributed by atoms with E-state index in [1.54, 1.807) is 12.1 Å². The van der Waals surface area contributed by atoms with Gasteiger partial charge in [0.15, 0.2) is 11.6 Å². The van der Waals surface area contributed by atoms with Gasteiger partial charge in [-0.25, -0.2) is 4.39 Å². The summed E-state index contributed by atoms with van der Waals surface area (Å²) in [4.78, 5) is 0. The van der Waals surface area contributed by atoms with E-state index in [4.69, 9.17) is 4.74 Å². The number of hydrogen-bond acceptors (Lipinski definition) is 2. The Balaban J connectivity index is 2.05. The van der Waals surface area contributed by atoms with Crippen LogP contribution in [0.15, 0.2) is 18.2 Å². The first-order valence-corrected chi connectivity index (χ1v) is 7.21. The summed E-state index contributed by atoms with van der Waals surface area (Å²) in [5, 5.41) is 3.28. The Morgan fingerprint density at radius 1 is 1.37 bits per heavy atom. The molecule has 2 nitrogen and oxygen atoms in total. The van der Waals surface area contributed by atoms with Crippen LogP contribution in [0.3, 0.4) is 0 Å². The predicted octanol–water partition coefficient (Wildman–Crippen LogP) is 3.40. The molecule has 0 aromatic heterocycles. The van der Waals surface area contributed by atoms with E-state index in [2.05, 4.69) is 5.32 Å². The molecule has 0 radical (unpaired) electrons. The van der Waals surface area contributed by atoms with Crippen LogP contribution < -0.4 is 10.1 Å². The van der Waals surface area contributed by atoms with Gasteiger partial charge in [-0.05, 0) is 49.5 Å². The molecule has 1 aromatic carbocycles. The molecule has 1 N–H and O–H groups in total. The Kier molecular flexibility index (Phi) is 5.20. The van der Waals surface area contributed by atoms with E-state index in [9.17, 15) is 4.39 Å². The van der Waals surface area contributed by atoms with Crippen LogP contribution in [0.5, 0.6) is 5.75 Å². The largest absolute Gasteiger partial charge is 0.494 e. The molecule has 0 bridgehead atoms. The highest BCUT2D eigenvalue weighted by Gasteiger charge is 2.24. The van der Waals surface area contributed by atoms with Crippen molar-refractivity contribution in [1.82, 2.24) is 5.32 Å². The van der Waals surface area contributed by atoms with Crippen LogP contribution >= 0.6 is 0 Å². The lowest BCUT2D eigenvalue weighted by Crippen LogP contribution is -2.26. The third kappa shape index (κ3) is 3.69. The minimum absolute atomic E-state index is 0.255. The number of hydrogen-bond donors (Lipinski definition) is 1.